The third-order valence-corrected chi connectivity index (χ3v) is 2.51. The summed E-state index contributed by atoms with van der Waals surface area (Å²) in [5, 5.41) is 0.803. The van der Waals surface area contributed by atoms with Crippen molar-refractivity contribution in [1.29, 1.82) is 0 Å². The summed E-state index contributed by atoms with van der Waals surface area (Å²) in [6.45, 7) is 3.96. The zero-order chi connectivity index (χ0) is 8.72. The largest absolute Gasteiger partial charge is 0.348 e. The van der Waals surface area contributed by atoms with E-state index >= 15 is 0 Å². The lowest BCUT2D eigenvalue weighted by Gasteiger charge is -2.12. The summed E-state index contributed by atoms with van der Waals surface area (Å²) in [7, 11) is 2.03. The Bertz CT molecular complexity index is 344. The monoisotopic (exact) mass is 179 g/mol. The van der Waals surface area contributed by atoms with Crippen molar-refractivity contribution in [2.45, 2.75) is 6.42 Å². The van der Waals surface area contributed by atoms with E-state index in [0.29, 0.717) is 0 Å². The van der Waals surface area contributed by atoms with Crippen molar-refractivity contribution in [2.75, 3.05) is 11.9 Å². The third-order valence-electron chi connectivity index (χ3n) is 2.27. The molecule has 0 unspecified atom stereocenters. The van der Waals surface area contributed by atoms with Crippen molar-refractivity contribution in [2.24, 2.45) is 0 Å². The molecule has 1 aromatic carbocycles. The van der Waals surface area contributed by atoms with Gasteiger partial charge in [0.05, 0.1) is 0 Å². The molecule has 1 nitrogen and oxygen atoms in total. The van der Waals surface area contributed by atoms with Crippen LogP contribution >= 0.6 is 11.6 Å². The molecule has 2 rings (SSSR count). The Morgan fingerprint density at radius 3 is 3.00 bits per heavy atom. The van der Waals surface area contributed by atoms with Crippen LogP contribution in [0.15, 0.2) is 30.5 Å². The van der Waals surface area contributed by atoms with E-state index in [1.54, 1.807) is 0 Å². The Morgan fingerprint density at radius 2 is 2.25 bits per heavy atom. The predicted octanol–water partition coefficient (Wildman–Crippen LogP) is 2.85. The molecule has 12 heavy (non-hydrogen) atoms. The van der Waals surface area contributed by atoms with Gasteiger partial charge in [0, 0.05) is 29.9 Å². The second-order valence-corrected chi connectivity index (χ2v) is 3.51. The molecule has 62 valence electrons. The third kappa shape index (κ3) is 1.01. The maximum absolute atomic E-state index is 5.87. The van der Waals surface area contributed by atoms with E-state index in [4.69, 9.17) is 11.6 Å². The highest BCUT2D eigenvalue weighted by Crippen LogP contribution is 2.33. The zero-order valence-corrected chi connectivity index (χ0v) is 7.73. The van der Waals surface area contributed by atoms with Gasteiger partial charge in [0.2, 0.25) is 0 Å². The van der Waals surface area contributed by atoms with Crippen LogP contribution in [-0.4, -0.2) is 7.05 Å². The van der Waals surface area contributed by atoms with Crippen LogP contribution < -0.4 is 4.90 Å². The molecular formula is C10H10ClN. The fourth-order valence-electron chi connectivity index (χ4n) is 1.53. The van der Waals surface area contributed by atoms with Crippen LogP contribution in [0.25, 0.3) is 0 Å². The first-order valence-electron chi connectivity index (χ1n) is 3.88. The van der Waals surface area contributed by atoms with Gasteiger partial charge in [-0.25, -0.2) is 0 Å². The molecule has 0 saturated carbocycles. The Balaban J connectivity index is 2.54. The molecule has 0 N–H and O–H groups in total. The van der Waals surface area contributed by atoms with Gasteiger partial charge in [-0.2, -0.15) is 0 Å². The van der Waals surface area contributed by atoms with Crippen molar-refractivity contribution in [3.63, 3.8) is 0 Å². The van der Waals surface area contributed by atoms with Crippen LogP contribution in [0.4, 0.5) is 5.69 Å². The summed E-state index contributed by atoms with van der Waals surface area (Å²) < 4.78 is 0. The quantitative estimate of drug-likeness (QED) is 0.592. The van der Waals surface area contributed by atoms with Crippen LogP contribution in [-0.2, 0) is 6.42 Å². The topological polar surface area (TPSA) is 3.24 Å². The lowest BCUT2D eigenvalue weighted by molar-refractivity contribution is 1.11. The Hall–Kier alpha value is -0.950. The number of rotatable bonds is 0. The molecule has 0 spiro atoms. The highest BCUT2D eigenvalue weighted by atomic mass is 35.5. The normalized spacial score (nSPS) is 15.2. The maximum atomic E-state index is 5.87. The summed E-state index contributed by atoms with van der Waals surface area (Å²) in [5.41, 5.74) is 3.63. The standard InChI is InChI=1S/C10H10ClN/c1-7-5-8-6-9(11)3-4-10(8)12(7)2/h3-4,6H,1,5H2,2H3. The van der Waals surface area contributed by atoms with Crippen LogP contribution in [0.5, 0.6) is 0 Å². The first-order chi connectivity index (χ1) is 5.68. The first kappa shape index (κ1) is 7.69. The smallest absolute Gasteiger partial charge is 0.0443 e. The predicted molar refractivity (Wildman–Crippen MR) is 52.7 cm³/mol. The summed E-state index contributed by atoms with van der Waals surface area (Å²) in [6, 6.07) is 5.96. The van der Waals surface area contributed by atoms with E-state index in [1.165, 1.54) is 11.3 Å². The van der Waals surface area contributed by atoms with Crippen LogP contribution in [0, 0.1) is 0 Å². The molecule has 0 atom stereocenters. The summed E-state index contributed by atoms with van der Waals surface area (Å²) in [5.74, 6) is 0. The Kier molecular flexibility index (Phi) is 1.62. The molecule has 0 aromatic heterocycles. The molecule has 1 aliphatic rings. The summed E-state index contributed by atoms with van der Waals surface area (Å²) in [6.07, 6.45) is 0.923. The van der Waals surface area contributed by atoms with Crippen LogP contribution in [0.1, 0.15) is 5.56 Å². The van der Waals surface area contributed by atoms with E-state index in [-0.39, 0.29) is 0 Å². The lowest BCUT2D eigenvalue weighted by Crippen LogP contribution is -2.09. The molecule has 0 bridgehead atoms. The van der Waals surface area contributed by atoms with Gasteiger partial charge in [-0.1, -0.05) is 18.2 Å². The number of hydrogen-bond donors (Lipinski definition) is 0. The molecule has 1 aliphatic heterocycles. The van der Waals surface area contributed by atoms with E-state index in [9.17, 15) is 0 Å². The second-order valence-electron chi connectivity index (χ2n) is 3.08. The number of fused-ring (bicyclic) bond motifs is 1. The molecule has 1 aromatic rings. The number of halogens is 1. The van der Waals surface area contributed by atoms with Gasteiger partial charge in [0.25, 0.3) is 0 Å². The maximum Gasteiger partial charge on any atom is 0.0443 e. The van der Waals surface area contributed by atoms with Crippen molar-refractivity contribution in [1.82, 2.24) is 0 Å². The van der Waals surface area contributed by atoms with Crippen molar-refractivity contribution in [3.8, 4) is 0 Å². The zero-order valence-electron chi connectivity index (χ0n) is 6.97. The molecule has 0 fully saturated rings. The molecule has 1 heterocycles. The minimum atomic E-state index is 0.803. The molecule has 0 amide bonds. The molecule has 0 saturated heterocycles. The molecule has 0 radical (unpaired) electrons. The van der Waals surface area contributed by atoms with E-state index in [0.717, 1.165) is 17.1 Å². The fraction of sp³-hybridized carbons (Fsp3) is 0.200. The number of allylic oxidation sites excluding steroid dienone is 1. The molecule has 0 aliphatic carbocycles. The Morgan fingerprint density at radius 1 is 1.50 bits per heavy atom. The number of hydrogen-bond acceptors (Lipinski definition) is 1. The highest BCUT2D eigenvalue weighted by Gasteiger charge is 2.18. The van der Waals surface area contributed by atoms with Crippen LogP contribution in [0.3, 0.4) is 0 Å². The van der Waals surface area contributed by atoms with Gasteiger partial charge >= 0.3 is 0 Å². The van der Waals surface area contributed by atoms with Crippen molar-refractivity contribution < 1.29 is 0 Å². The minimum Gasteiger partial charge on any atom is -0.348 e. The summed E-state index contributed by atoms with van der Waals surface area (Å²) in [4.78, 5) is 2.10. The highest BCUT2D eigenvalue weighted by molar-refractivity contribution is 6.30. The van der Waals surface area contributed by atoms with Crippen molar-refractivity contribution in [3.05, 3.63) is 41.1 Å². The van der Waals surface area contributed by atoms with Crippen LogP contribution in [0.2, 0.25) is 5.02 Å². The van der Waals surface area contributed by atoms with E-state index in [2.05, 4.69) is 11.5 Å². The SMILES string of the molecule is C=C1Cc2cc(Cl)ccc2N1C. The Labute approximate surface area is 77.3 Å². The lowest BCUT2D eigenvalue weighted by atomic mass is 10.1. The van der Waals surface area contributed by atoms with E-state index in [1.807, 2.05) is 25.2 Å². The molecule has 2 heteroatoms. The number of likely N-dealkylation sites (N-methyl/N-ethyl adjacent to an activating group) is 1. The number of nitrogens with zero attached hydrogens (tertiary/aromatic N) is 1. The summed E-state index contributed by atoms with van der Waals surface area (Å²) >= 11 is 5.87. The number of benzene rings is 1. The van der Waals surface area contributed by atoms with Gasteiger partial charge in [0.15, 0.2) is 0 Å². The second kappa shape index (κ2) is 2.53. The average molecular weight is 180 g/mol. The fourth-order valence-corrected chi connectivity index (χ4v) is 1.73. The van der Waals surface area contributed by atoms with Gasteiger partial charge in [-0.15, -0.1) is 0 Å². The van der Waals surface area contributed by atoms with Gasteiger partial charge in [-0.05, 0) is 23.8 Å². The van der Waals surface area contributed by atoms with Crippen molar-refractivity contribution >= 4 is 17.3 Å². The van der Waals surface area contributed by atoms with Gasteiger partial charge in [0.1, 0.15) is 0 Å². The average Bonchev–Trinajstić information content (AvgIpc) is 2.28. The van der Waals surface area contributed by atoms with Gasteiger partial charge < -0.3 is 4.90 Å². The first-order valence-corrected chi connectivity index (χ1v) is 4.26. The number of anilines is 1. The van der Waals surface area contributed by atoms with E-state index < -0.39 is 0 Å². The van der Waals surface area contributed by atoms with Gasteiger partial charge in [-0.3, -0.25) is 0 Å². The molecular weight excluding hydrogens is 170 g/mol. The minimum absolute atomic E-state index is 0.803.